The number of nitrogens with one attached hydrogen (secondary N) is 2. The Labute approximate surface area is 175 Å². The van der Waals surface area contributed by atoms with Gasteiger partial charge in [-0.15, -0.1) is 0 Å². The molecule has 2 atom stereocenters. The van der Waals surface area contributed by atoms with Gasteiger partial charge in [0.2, 0.25) is 5.91 Å². The van der Waals surface area contributed by atoms with Gasteiger partial charge in [-0.1, -0.05) is 62.4 Å². The highest BCUT2D eigenvalue weighted by molar-refractivity contribution is 6.09. The number of halogens is 1. The van der Waals surface area contributed by atoms with Crippen molar-refractivity contribution in [2.24, 2.45) is 5.92 Å². The van der Waals surface area contributed by atoms with Crippen LogP contribution >= 0.6 is 0 Å². The van der Waals surface area contributed by atoms with Gasteiger partial charge >= 0.3 is 6.03 Å². The molecule has 7 heteroatoms. The lowest BCUT2D eigenvalue weighted by Crippen LogP contribution is -2.44. The molecule has 0 saturated carbocycles. The molecular weight excluding hydrogens is 385 g/mol. The predicted molar refractivity (Wildman–Crippen MR) is 111 cm³/mol. The van der Waals surface area contributed by atoms with Crippen molar-refractivity contribution in [3.05, 3.63) is 71.5 Å². The van der Waals surface area contributed by atoms with Crippen LogP contribution in [0, 0.1) is 11.7 Å². The molecule has 2 unspecified atom stereocenters. The molecule has 6 nitrogen and oxygen atoms in total. The summed E-state index contributed by atoms with van der Waals surface area (Å²) < 4.78 is 14.3. The fourth-order valence-electron chi connectivity index (χ4n) is 3.71. The molecule has 0 spiro atoms. The van der Waals surface area contributed by atoms with E-state index >= 15 is 0 Å². The van der Waals surface area contributed by atoms with E-state index in [9.17, 15) is 18.8 Å². The van der Waals surface area contributed by atoms with Gasteiger partial charge in [-0.25, -0.2) is 9.18 Å². The van der Waals surface area contributed by atoms with Gasteiger partial charge in [-0.3, -0.25) is 14.5 Å². The minimum atomic E-state index is -1.56. The van der Waals surface area contributed by atoms with Gasteiger partial charge in [0.1, 0.15) is 17.9 Å². The molecule has 0 radical (unpaired) electrons. The molecule has 158 valence electrons. The SMILES string of the molecule is CC(C)CC(NC(=O)CN1C(=O)NC(C)(c2ccccc2F)C1=O)c1ccccc1. The van der Waals surface area contributed by atoms with Gasteiger partial charge < -0.3 is 10.6 Å². The molecule has 0 aromatic heterocycles. The highest BCUT2D eigenvalue weighted by Gasteiger charge is 2.50. The number of amides is 4. The molecule has 1 fully saturated rings. The average Bonchev–Trinajstić information content (AvgIpc) is 2.92. The second kappa shape index (κ2) is 8.65. The van der Waals surface area contributed by atoms with Gasteiger partial charge in [-0.2, -0.15) is 0 Å². The highest BCUT2D eigenvalue weighted by atomic mass is 19.1. The predicted octanol–water partition coefficient (Wildman–Crippen LogP) is 3.50. The number of carbonyl (C=O) groups is 3. The number of hydrogen-bond donors (Lipinski definition) is 2. The molecule has 0 bridgehead atoms. The standard InChI is InChI=1S/C23H26FN3O3/c1-15(2)13-19(16-9-5-4-6-10-16)25-20(28)14-27-21(29)23(3,26-22(27)30)17-11-7-8-12-18(17)24/h4-12,15,19H,13-14H2,1-3H3,(H,25,28)(H,26,30). The van der Waals surface area contributed by atoms with Gasteiger partial charge in [0, 0.05) is 5.56 Å². The summed E-state index contributed by atoms with van der Waals surface area (Å²) in [5.74, 6) is -1.38. The van der Waals surface area contributed by atoms with Crippen LogP contribution in [0.5, 0.6) is 0 Å². The van der Waals surface area contributed by atoms with Crippen molar-refractivity contribution < 1.29 is 18.8 Å². The number of nitrogens with zero attached hydrogens (tertiary/aromatic N) is 1. The molecule has 30 heavy (non-hydrogen) atoms. The van der Waals surface area contributed by atoms with Crippen LogP contribution in [0.25, 0.3) is 0 Å². The Kier molecular flexibility index (Phi) is 6.20. The van der Waals surface area contributed by atoms with Crippen LogP contribution in [-0.4, -0.2) is 29.3 Å². The third kappa shape index (κ3) is 4.35. The first kappa shape index (κ1) is 21.5. The van der Waals surface area contributed by atoms with E-state index in [1.54, 1.807) is 6.07 Å². The van der Waals surface area contributed by atoms with E-state index in [4.69, 9.17) is 0 Å². The fraction of sp³-hybridized carbons (Fsp3) is 0.348. The zero-order valence-electron chi connectivity index (χ0n) is 17.3. The fourth-order valence-corrected chi connectivity index (χ4v) is 3.71. The zero-order valence-corrected chi connectivity index (χ0v) is 17.3. The van der Waals surface area contributed by atoms with Crippen LogP contribution < -0.4 is 10.6 Å². The van der Waals surface area contributed by atoms with Gasteiger partial charge in [0.15, 0.2) is 0 Å². The Balaban J connectivity index is 1.75. The van der Waals surface area contributed by atoms with Crippen molar-refractivity contribution >= 4 is 17.8 Å². The summed E-state index contributed by atoms with van der Waals surface area (Å²) in [4.78, 5) is 38.9. The molecular formula is C23H26FN3O3. The monoisotopic (exact) mass is 411 g/mol. The van der Waals surface area contributed by atoms with Gasteiger partial charge in [0.05, 0.1) is 6.04 Å². The Morgan fingerprint density at radius 1 is 1.10 bits per heavy atom. The average molecular weight is 411 g/mol. The molecule has 1 heterocycles. The summed E-state index contributed by atoms with van der Waals surface area (Å²) in [7, 11) is 0. The third-order valence-electron chi connectivity index (χ3n) is 5.23. The molecule has 2 N–H and O–H groups in total. The summed E-state index contributed by atoms with van der Waals surface area (Å²) in [6.45, 7) is 5.12. The van der Waals surface area contributed by atoms with E-state index in [-0.39, 0.29) is 11.6 Å². The van der Waals surface area contributed by atoms with Crippen LogP contribution in [-0.2, 0) is 15.1 Å². The lowest BCUT2D eigenvalue weighted by Gasteiger charge is -2.24. The molecule has 1 aliphatic heterocycles. The Hall–Kier alpha value is -3.22. The maximum absolute atomic E-state index is 14.3. The third-order valence-corrected chi connectivity index (χ3v) is 5.23. The van der Waals surface area contributed by atoms with E-state index in [1.165, 1.54) is 25.1 Å². The van der Waals surface area contributed by atoms with Crippen molar-refractivity contribution in [2.75, 3.05) is 6.54 Å². The maximum Gasteiger partial charge on any atom is 0.325 e. The number of carbonyl (C=O) groups excluding carboxylic acids is 3. The Morgan fingerprint density at radius 3 is 2.37 bits per heavy atom. The second-order valence-corrected chi connectivity index (χ2v) is 8.09. The highest BCUT2D eigenvalue weighted by Crippen LogP contribution is 2.30. The minimum Gasteiger partial charge on any atom is -0.348 e. The Bertz CT molecular complexity index is 948. The number of imide groups is 1. The maximum atomic E-state index is 14.3. The van der Waals surface area contributed by atoms with Crippen molar-refractivity contribution in [1.82, 2.24) is 15.5 Å². The first-order valence-corrected chi connectivity index (χ1v) is 9.95. The van der Waals surface area contributed by atoms with Gasteiger partial charge in [-0.05, 0) is 30.9 Å². The molecule has 3 rings (SSSR count). The summed E-state index contributed by atoms with van der Waals surface area (Å²) >= 11 is 0. The molecule has 2 aromatic carbocycles. The normalized spacial score (nSPS) is 19.7. The topological polar surface area (TPSA) is 78.5 Å². The van der Waals surface area contributed by atoms with Crippen molar-refractivity contribution in [3.8, 4) is 0 Å². The largest absolute Gasteiger partial charge is 0.348 e. The van der Waals surface area contributed by atoms with Crippen LogP contribution in [0.1, 0.15) is 44.4 Å². The lowest BCUT2D eigenvalue weighted by atomic mass is 9.91. The van der Waals surface area contributed by atoms with E-state index < -0.39 is 35.7 Å². The quantitative estimate of drug-likeness (QED) is 0.685. The zero-order chi connectivity index (χ0) is 21.9. The van der Waals surface area contributed by atoms with E-state index in [1.807, 2.05) is 30.3 Å². The Morgan fingerprint density at radius 2 is 1.73 bits per heavy atom. The first-order valence-electron chi connectivity index (χ1n) is 9.95. The van der Waals surface area contributed by atoms with Crippen LogP contribution in [0.3, 0.4) is 0 Å². The summed E-state index contributed by atoms with van der Waals surface area (Å²) in [5.41, 5.74) is -0.541. The van der Waals surface area contributed by atoms with Crippen molar-refractivity contribution in [3.63, 3.8) is 0 Å². The minimum absolute atomic E-state index is 0.0632. The van der Waals surface area contributed by atoms with Crippen molar-refractivity contribution in [1.29, 1.82) is 0 Å². The molecule has 1 saturated heterocycles. The smallest absolute Gasteiger partial charge is 0.325 e. The number of urea groups is 1. The van der Waals surface area contributed by atoms with Crippen LogP contribution in [0.15, 0.2) is 54.6 Å². The molecule has 1 aliphatic rings. The lowest BCUT2D eigenvalue weighted by molar-refractivity contribution is -0.135. The first-order chi connectivity index (χ1) is 14.2. The van der Waals surface area contributed by atoms with Crippen LogP contribution in [0.4, 0.5) is 9.18 Å². The van der Waals surface area contributed by atoms with Crippen LogP contribution in [0.2, 0.25) is 0 Å². The van der Waals surface area contributed by atoms with E-state index in [2.05, 4.69) is 24.5 Å². The van der Waals surface area contributed by atoms with E-state index in [0.717, 1.165) is 10.5 Å². The molecule has 4 amide bonds. The van der Waals surface area contributed by atoms with E-state index in [0.29, 0.717) is 12.3 Å². The number of benzene rings is 2. The van der Waals surface area contributed by atoms with Gasteiger partial charge in [0.25, 0.3) is 5.91 Å². The number of rotatable bonds is 7. The summed E-state index contributed by atoms with van der Waals surface area (Å²) in [6, 6.07) is 14.4. The summed E-state index contributed by atoms with van der Waals surface area (Å²) in [6.07, 6.45) is 0.711. The van der Waals surface area contributed by atoms with Crippen molar-refractivity contribution in [2.45, 2.75) is 38.8 Å². The summed E-state index contributed by atoms with van der Waals surface area (Å²) in [5, 5.41) is 5.45. The second-order valence-electron chi connectivity index (χ2n) is 8.09. The number of hydrogen-bond acceptors (Lipinski definition) is 3. The molecule has 0 aliphatic carbocycles. The molecule has 2 aromatic rings.